The van der Waals surface area contributed by atoms with Crippen molar-refractivity contribution in [3.8, 4) is 0 Å². The molecule has 1 aliphatic heterocycles. The lowest BCUT2D eigenvalue weighted by molar-refractivity contribution is 0.0736. The van der Waals surface area contributed by atoms with Crippen molar-refractivity contribution in [2.24, 2.45) is 0 Å². The number of hydrogen-bond donors (Lipinski definition) is 1. The number of carbonyl (C=O) groups is 1. The van der Waals surface area contributed by atoms with E-state index >= 15 is 0 Å². The molecule has 0 aliphatic carbocycles. The molecule has 3 rings (SSSR count). The molecule has 27 heavy (non-hydrogen) atoms. The standard InChI is InChI=1S/C20H29N5O.ClH/c1-14-5-7-17(8-6-14)13-15(2)24(4)20(26)19-16(3)25(23-22-19)18-9-11-21-12-10-18;/h5-8,15,18,21H,9-13H2,1-4H3;1H. The van der Waals surface area contributed by atoms with Gasteiger partial charge in [-0.1, -0.05) is 35.0 Å². The molecule has 0 saturated carbocycles. The smallest absolute Gasteiger partial charge is 0.276 e. The fourth-order valence-electron chi connectivity index (χ4n) is 3.51. The van der Waals surface area contributed by atoms with Gasteiger partial charge >= 0.3 is 0 Å². The fraction of sp³-hybridized carbons (Fsp3) is 0.550. The van der Waals surface area contributed by atoms with Gasteiger partial charge in [-0.2, -0.15) is 0 Å². The lowest BCUT2D eigenvalue weighted by atomic mass is 10.0. The number of nitrogens with one attached hydrogen (secondary N) is 1. The third kappa shape index (κ3) is 4.87. The van der Waals surface area contributed by atoms with E-state index in [0.717, 1.165) is 38.0 Å². The molecule has 1 N–H and O–H groups in total. The molecule has 0 spiro atoms. The van der Waals surface area contributed by atoms with E-state index in [9.17, 15) is 4.79 Å². The summed E-state index contributed by atoms with van der Waals surface area (Å²) in [4.78, 5) is 14.7. The summed E-state index contributed by atoms with van der Waals surface area (Å²) in [5.41, 5.74) is 3.83. The van der Waals surface area contributed by atoms with Gasteiger partial charge in [0.15, 0.2) is 5.69 Å². The van der Waals surface area contributed by atoms with E-state index in [1.165, 1.54) is 11.1 Å². The number of likely N-dealkylation sites (N-methyl/N-ethyl adjacent to an activating group) is 1. The maximum Gasteiger partial charge on any atom is 0.276 e. The molecule has 1 aromatic heterocycles. The van der Waals surface area contributed by atoms with Gasteiger partial charge in [0.2, 0.25) is 0 Å². The first-order valence-corrected chi connectivity index (χ1v) is 9.42. The Kier molecular flexibility index (Phi) is 7.39. The average Bonchev–Trinajstić information content (AvgIpc) is 3.04. The van der Waals surface area contributed by atoms with Crippen LogP contribution in [0.4, 0.5) is 0 Å². The van der Waals surface area contributed by atoms with Gasteiger partial charge in [0.1, 0.15) is 0 Å². The second kappa shape index (κ2) is 9.33. The summed E-state index contributed by atoms with van der Waals surface area (Å²) in [7, 11) is 1.85. The van der Waals surface area contributed by atoms with Crippen molar-refractivity contribution in [3.05, 3.63) is 46.8 Å². The molecule has 0 radical (unpaired) electrons. The van der Waals surface area contributed by atoms with E-state index in [4.69, 9.17) is 0 Å². The molecule has 1 aromatic carbocycles. The van der Waals surface area contributed by atoms with Crippen LogP contribution in [-0.2, 0) is 6.42 Å². The maximum atomic E-state index is 12.9. The zero-order valence-corrected chi connectivity index (χ0v) is 17.4. The normalized spacial score (nSPS) is 15.9. The molecule has 1 atom stereocenters. The minimum absolute atomic E-state index is 0. The number of aromatic nitrogens is 3. The number of halogens is 1. The van der Waals surface area contributed by atoms with E-state index in [-0.39, 0.29) is 24.4 Å². The van der Waals surface area contributed by atoms with Crippen molar-refractivity contribution in [1.82, 2.24) is 25.2 Å². The number of hydrogen-bond acceptors (Lipinski definition) is 4. The third-order valence-electron chi connectivity index (χ3n) is 5.42. The molecule has 1 unspecified atom stereocenters. The van der Waals surface area contributed by atoms with Crippen molar-refractivity contribution in [2.45, 2.75) is 52.1 Å². The first-order chi connectivity index (χ1) is 12.5. The summed E-state index contributed by atoms with van der Waals surface area (Å²) in [6.07, 6.45) is 2.87. The first-order valence-electron chi connectivity index (χ1n) is 9.42. The van der Waals surface area contributed by atoms with Gasteiger partial charge in [0, 0.05) is 13.1 Å². The van der Waals surface area contributed by atoms with Gasteiger partial charge in [-0.3, -0.25) is 4.79 Å². The highest BCUT2D eigenvalue weighted by molar-refractivity contribution is 5.93. The fourth-order valence-corrected chi connectivity index (χ4v) is 3.51. The Morgan fingerprint density at radius 3 is 2.52 bits per heavy atom. The quantitative estimate of drug-likeness (QED) is 0.851. The molecule has 2 heterocycles. The first kappa shape index (κ1) is 21.4. The molecule has 1 fully saturated rings. The lowest BCUT2D eigenvalue weighted by Crippen LogP contribution is -2.37. The van der Waals surface area contributed by atoms with E-state index in [0.29, 0.717) is 11.7 Å². The SMILES string of the molecule is Cc1ccc(CC(C)N(C)C(=O)c2nnn(C3CCNCC3)c2C)cc1.Cl. The van der Waals surface area contributed by atoms with Crippen LogP contribution < -0.4 is 5.32 Å². The Morgan fingerprint density at radius 1 is 1.26 bits per heavy atom. The highest BCUT2D eigenvalue weighted by Crippen LogP contribution is 2.21. The minimum Gasteiger partial charge on any atom is -0.337 e. The summed E-state index contributed by atoms with van der Waals surface area (Å²) in [5, 5.41) is 11.9. The zero-order valence-electron chi connectivity index (χ0n) is 16.6. The molecule has 1 amide bonds. The molecular formula is C20H30ClN5O. The van der Waals surface area contributed by atoms with Crippen LogP contribution in [-0.4, -0.2) is 52.0 Å². The van der Waals surface area contributed by atoms with Crippen molar-refractivity contribution >= 4 is 18.3 Å². The number of piperidine rings is 1. The Bertz CT molecular complexity index is 752. The summed E-state index contributed by atoms with van der Waals surface area (Å²) >= 11 is 0. The molecule has 2 aromatic rings. The van der Waals surface area contributed by atoms with Crippen molar-refractivity contribution in [1.29, 1.82) is 0 Å². The van der Waals surface area contributed by atoms with Crippen molar-refractivity contribution in [3.63, 3.8) is 0 Å². The van der Waals surface area contributed by atoms with Gasteiger partial charge in [-0.15, -0.1) is 17.5 Å². The van der Waals surface area contributed by atoms with Crippen molar-refractivity contribution in [2.75, 3.05) is 20.1 Å². The molecular weight excluding hydrogens is 362 g/mol. The monoisotopic (exact) mass is 391 g/mol. The van der Waals surface area contributed by atoms with Gasteiger partial charge in [0.05, 0.1) is 11.7 Å². The zero-order chi connectivity index (χ0) is 18.7. The van der Waals surface area contributed by atoms with E-state index in [1.807, 2.05) is 18.7 Å². The van der Waals surface area contributed by atoms with E-state index in [1.54, 1.807) is 4.90 Å². The van der Waals surface area contributed by atoms with Crippen LogP contribution in [0.15, 0.2) is 24.3 Å². The average molecular weight is 392 g/mol. The van der Waals surface area contributed by atoms with Crippen LogP contribution in [0.1, 0.15) is 53.1 Å². The highest BCUT2D eigenvalue weighted by Gasteiger charge is 2.26. The third-order valence-corrected chi connectivity index (χ3v) is 5.42. The summed E-state index contributed by atoms with van der Waals surface area (Å²) in [5.74, 6) is -0.0534. The molecule has 7 heteroatoms. The number of aryl methyl sites for hydroxylation is 1. The van der Waals surface area contributed by atoms with Crippen LogP contribution in [0.3, 0.4) is 0 Å². The van der Waals surface area contributed by atoms with Crippen LogP contribution in [0, 0.1) is 13.8 Å². The lowest BCUT2D eigenvalue weighted by Gasteiger charge is -2.25. The summed E-state index contributed by atoms with van der Waals surface area (Å²) < 4.78 is 1.94. The van der Waals surface area contributed by atoms with Gasteiger partial charge in [-0.25, -0.2) is 4.68 Å². The van der Waals surface area contributed by atoms with Crippen LogP contribution in [0.2, 0.25) is 0 Å². The molecule has 1 aliphatic rings. The molecule has 1 saturated heterocycles. The molecule has 0 bridgehead atoms. The largest absolute Gasteiger partial charge is 0.337 e. The Hall–Kier alpha value is -1.92. The van der Waals surface area contributed by atoms with Gasteiger partial charge in [0.25, 0.3) is 5.91 Å². The summed E-state index contributed by atoms with van der Waals surface area (Å²) in [6.45, 7) is 8.08. The van der Waals surface area contributed by atoms with E-state index < -0.39 is 0 Å². The second-order valence-corrected chi connectivity index (χ2v) is 7.40. The number of carbonyl (C=O) groups excluding carboxylic acids is 1. The van der Waals surface area contributed by atoms with Crippen molar-refractivity contribution < 1.29 is 4.79 Å². The van der Waals surface area contributed by atoms with E-state index in [2.05, 4.69) is 53.7 Å². The van der Waals surface area contributed by atoms with Crippen LogP contribution >= 0.6 is 12.4 Å². The highest BCUT2D eigenvalue weighted by atomic mass is 35.5. The maximum absolute atomic E-state index is 12.9. The Labute approximate surface area is 167 Å². The van der Waals surface area contributed by atoms with Gasteiger partial charge < -0.3 is 10.2 Å². The predicted octanol–water partition coefficient (Wildman–Crippen LogP) is 2.94. The minimum atomic E-state index is -0.0534. The van der Waals surface area contributed by atoms with Crippen LogP contribution in [0.25, 0.3) is 0 Å². The van der Waals surface area contributed by atoms with Crippen LogP contribution in [0.5, 0.6) is 0 Å². The topological polar surface area (TPSA) is 63.1 Å². The number of benzene rings is 1. The summed E-state index contributed by atoms with van der Waals surface area (Å²) in [6, 6.07) is 8.90. The number of rotatable bonds is 5. The Balaban J connectivity index is 0.00000261. The van der Waals surface area contributed by atoms with Gasteiger partial charge in [-0.05, 0) is 58.7 Å². The number of nitrogens with zero attached hydrogens (tertiary/aromatic N) is 4. The second-order valence-electron chi connectivity index (χ2n) is 7.40. The molecule has 6 nitrogen and oxygen atoms in total. The molecule has 148 valence electrons. The number of amides is 1. The predicted molar refractivity (Wildman–Crippen MR) is 110 cm³/mol. The Morgan fingerprint density at radius 2 is 1.89 bits per heavy atom.